The summed E-state index contributed by atoms with van der Waals surface area (Å²) in [5, 5.41) is 60.3. The summed E-state index contributed by atoms with van der Waals surface area (Å²) in [5.41, 5.74) is 2.78. The number of cyclic esters (lactones) is 4. The molecule has 1 saturated carbocycles. The van der Waals surface area contributed by atoms with Crippen molar-refractivity contribution in [3.63, 3.8) is 0 Å². The number of carbonyl (C=O) groups excluding carboxylic acids is 14. The topological polar surface area (TPSA) is 450 Å². The Morgan fingerprint density at radius 2 is 0.737 bits per heavy atom. The van der Waals surface area contributed by atoms with Gasteiger partial charge in [0.25, 0.3) is 0 Å². The lowest BCUT2D eigenvalue weighted by atomic mass is 9.84. The first kappa shape index (κ1) is 118. The molecule has 6 amide bonds. The predicted molar refractivity (Wildman–Crippen MR) is 517 cm³/mol. The fourth-order valence-electron chi connectivity index (χ4n) is 18.7. The van der Waals surface area contributed by atoms with Crippen molar-refractivity contribution in [2.45, 2.75) is 355 Å². The number of hydrogen-bond donors (Lipinski definition) is 8. The van der Waals surface area contributed by atoms with Gasteiger partial charge in [0.05, 0.1) is 54.2 Å². The number of rotatable bonds is 27. The molecular weight excluding hydrogens is 1760 g/mol. The minimum absolute atomic E-state index is 0.0397. The number of carbonyl (C=O) groups is 14. The number of ether oxygens (including phenoxy) is 8. The third-order valence-corrected chi connectivity index (χ3v) is 26.9. The maximum absolute atomic E-state index is 13.1. The summed E-state index contributed by atoms with van der Waals surface area (Å²) >= 11 is 0. The Morgan fingerprint density at radius 3 is 1.14 bits per heavy atom. The van der Waals surface area contributed by atoms with E-state index >= 15 is 0 Å². The van der Waals surface area contributed by atoms with E-state index in [0.717, 1.165) is 43.6 Å². The largest absolute Gasteiger partial charge is 0.457 e. The van der Waals surface area contributed by atoms with Crippen LogP contribution in [0, 0.1) is 71.0 Å². The van der Waals surface area contributed by atoms with Crippen molar-refractivity contribution in [2.24, 2.45) is 71.0 Å². The number of aliphatic hydroxyl groups is 5. The van der Waals surface area contributed by atoms with Gasteiger partial charge in [0.2, 0.25) is 35.4 Å². The number of amides is 6. The number of Topliss-reactive ketones (excluding diaryl/α,β-unsaturated/α-hetero) is 3. The zero-order valence-electron chi connectivity index (χ0n) is 83.8. The molecule has 4 fully saturated rings. The SMILES string of the molecule is CO[C@H]1/C=C/CC/C=C/C(=O)O[C@H]([C@H](C)C(=O)CCCC2CCCCC2)/C(C)=C\[C@@H](C)[C@@H]1O.CO[C@H]1/C=C/CC/C=C/C(=O)O[C@H]([C@H](C)C(=O)C[C@H](O)CC2CC(=O)NC(=O)C2)/C(C)=C\[C@@H](C)[C@@H]1O.CO[C@H]1/C=C/CCC(=O)O[C@H]([C@H](C)C(=O)CCCC2CC(=O)NC(=O)C2)/C(C)=C\[C@@H](C)[C@@H]1O.CO[C@H]1/C=C/CCCCC(=O)O[C@H]([C@H](C)C(=O)/C=C/CC2CC(=O)NC(=O)C2)/C(C)=C\[C@@H](C)[C@@H]1O. The van der Waals surface area contributed by atoms with Gasteiger partial charge in [0.1, 0.15) is 66.2 Å². The number of nitrogens with one attached hydrogen (secondary N) is 3. The second-order valence-electron chi connectivity index (χ2n) is 38.5. The van der Waals surface area contributed by atoms with Crippen molar-refractivity contribution in [2.75, 3.05) is 28.4 Å². The zero-order valence-corrected chi connectivity index (χ0v) is 83.8. The Balaban J connectivity index is 0.000000323. The van der Waals surface area contributed by atoms with E-state index in [4.69, 9.17) is 37.9 Å². The highest BCUT2D eigenvalue weighted by atomic mass is 16.6. The number of imide groups is 3. The molecule has 137 heavy (non-hydrogen) atoms. The molecule has 8 rings (SSSR count). The summed E-state index contributed by atoms with van der Waals surface area (Å²) in [6, 6.07) is 0. The highest BCUT2D eigenvalue weighted by Crippen LogP contribution is 2.34. The Labute approximate surface area is 811 Å². The fourth-order valence-corrected chi connectivity index (χ4v) is 18.7. The van der Waals surface area contributed by atoms with Gasteiger partial charge in [0.15, 0.2) is 5.78 Å². The first-order chi connectivity index (χ1) is 65.1. The quantitative estimate of drug-likeness (QED) is 0.0124. The van der Waals surface area contributed by atoms with Crippen LogP contribution in [0.5, 0.6) is 0 Å². The van der Waals surface area contributed by atoms with Crippen LogP contribution in [0.3, 0.4) is 0 Å². The van der Waals surface area contributed by atoms with Crippen LogP contribution in [0.15, 0.2) is 132 Å². The molecule has 30 nitrogen and oxygen atoms in total. The molecule has 1 aliphatic carbocycles. The summed E-state index contributed by atoms with van der Waals surface area (Å²) in [4.78, 5) is 171. The van der Waals surface area contributed by atoms with Crippen LogP contribution >= 0.6 is 0 Å². The van der Waals surface area contributed by atoms with Crippen LogP contribution in [0.1, 0.15) is 276 Å². The molecule has 7 heterocycles. The van der Waals surface area contributed by atoms with Crippen LogP contribution < -0.4 is 16.0 Å². The molecule has 21 atom stereocenters. The first-order valence-electron chi connectivity index (χ1n) is 49.4. The van der Waals surface area contributed by atoms with Gasteiger partial charge < -0.3 is 63.4 Å². The minimum Gasteiger partial charge on any atom is -0.457 e. The summed E-state index contributed by atoms with van der Waals surface area (Å²) in [7, 11) is 6.19. The van der Waals surface area contributed by atoms with E-state index in [2.05, 4.69) is 16.0 Å². The van der Waals surface area contributed by atoms with Gasteiger partial charge in [0, 0.05) is 135 Å². The van der Waals surface area contributed by atoms with E-state index in [1.165, 1.54) is 64.6 Å². The van der Waals surface area contributed by atoms with Crippen LogP contribution in [0.25, 0.3) is 0 Å². The van der Waals surface area contributed by atoms with Gasteiger partial charge in [-0.25, -0.2) is 9.59 Å². The van der Waals surface area contributed by atoms with Crippen LogP contribution in [-0.2, 0) is 105 Å². The van der Waals surface area contributed by atoms with Crippen molar-refractivity contribution >= 4 is 82.5 Å². The van der Waals surface area contributed by atoms with E-state index in [9.17, 15) is 92.7 Å². The number of hydrogen-bond acceptors (Lipinski definition) is 27. The molecule has 8 aliphatic rings. The maximum atomic E-state index is 13.1. The maximum Gasteiger partial charge on any atom is 0.331 e. The number of esters is 4. The molecule has 8 N–H and O–H groups in total. The highest BCUT2D eigenvalue weighted by molar-refractivity contribution is 5.99. The van der Waals surface area contributed by atoms with Gasteiger partial charge in [-0.3, -0.25) is 73.5 Å². The predicted octanol–water partition coefficient (Wildman–Crippen LogP) is 13.7. The Bertz CT molecular complexity index is 4260. The lowest BCUT2D eigenvalue weighted by molar-refractivity contribution is -0.152. The van der Waals surface area contributed by atoms with Gasteiger partial charge in [-0.15, -0.1) is 0 Å². The van der Waals surface area contributed by atoms with E-state index in [1.807, 2.05) is 90.2 Å². The van der Waals surface area contributed by atoms with Crippen LogP contribution in [0.4, 0.5) is 0 Å². The van der Waals surface area contributed by atoms with Gasteiger partial charge >= 0.3 is 23.9 Å². The van der Waals surface area contributed by atoms with Crippen LogP contribution in [0.2, 0.25) is 0 Å². The monoisotopic (exact) mass is 1920 g/mol. The summed E-state index contributed by atoms with van der Waals surface area (Å²) in [6.45, 7) is 21.6. The molecule has 0 unspecified atom stereocenters. The third-order valence-electron chi connectivity index (χ3n) is 26.9. The minimum atomic E-state index is -1.03. The molecule has 0 aromatic rings. The standard InChI is InChI=1S/C28H44O5.C27H39NO8.C27H39NO7.C25H37NO7/c1-20-19-21(2)28(22(3)24(29)16-12-15-23-13-8-7-9-14-23)33-26(30)18-11-6-5-10-17-25(32-4)27(20)31;1-16-11-17(2)27(36-25(33)10-8-6-5-7-9-22(35-4)26(16)34)18(3)21(30)15-20(29)12-19-13-23(31)28-24(32)14-19;1-17-14-18(2)27(35-25(32)13-8-6-5-7-12-22(34-4)26(17)33)19(3)21(29)11-9-10-20-15-23(30)28-24(31)16-20;1-15-12-16(2)25(33-23(30)11-6-5-10-20(32-4)24(15)31)17(3)19(27)9-7-8-18-13-21(28)26-22(29)14-18/h10-11,17-20,22-23,25,27-28,31H,5-9,12-16H2,1-4H3;7-11,16,18-20,22,26-27,29,34H,5-6,12-15H2,1-4H3,(H,28,31,32);7,9,11-12,14,17,19-20,22,26-27,33H,5-6,8,10,13,15-16H2,1-4H3,(H,28,30,31);5,10,12,15,17-18,20,24-25,31H,6-9,11,13-14H2,1-4H3,(H,26,28,29)/b17-10+,18-11+,21-19-;9-7+,10-8+,17-11-;11-9+,12-7+,18-14-;10-5+,16-12-/t20-,22-,25+,27+,28+;16-,18-,20-,22+,26+,27+;17-,19-,22+,26+,27+;15-,17-,20+,24+,25+/m1111/s1. The molecule has 3 saturated heterocycles. The Morgan fingerprint density at radius 1 is 0.401 bits per heavy atom. The highest BCUT2D eigenvalue weighted by Gasteiger charge is 2.39. The number of aliphatic hydroxyl groups excluding tert-OH is 5. The molecular formula is C107H159N3O27. The van der Waals surface area contributed by atoms with Gasteiger partial charge in [-0.05, 0) is 163 Å². The second kappa shape index (κ2) is 62.7. The molecule has 0 spiro atoms. The van der Waals surface area contributed by atoms with E-state index in [-0.39, 0.29) is 170 Å². The molecule has 764 valence electrons. The Kier molecular flexibility index (Phi) is 54.1. The molecule has 0 aromatic heterocycles. The summed E-state index contributed by atoms with van der Waals surface area (Å²) < 4.78 is 44.6. The lowest BCUT2D eigenvalue weighted by Gasteiger charge is -2.28. The number of ketones is 4. The third kappa shape index (κ3) is 42.8. The van der Waals surface area contributed by atoms with Crippen LogP contribution in [-0.4, -0.2) is 216 Å². The lowest BCUT2D eigenvalue weighted by Crippen LogP contribution is -2.40. The second-order valence-corrected chi connectivity index (χ2v) is 38.5. The average Bonchev–Trinajstić information content (AvgIpc) is 0.843. The van der Waals surface area contributed by atoms with Gasteiger partial charge in [-0.1, -0.05) is 185 Å². The van der Waals surface area contributed by atoms with E-state index in [1.54, 1.807) is 98.3 Å². The molecule has 0 aromatic carbocycles. The summed E-state index contributed by atoms with van der Waals surface area (Å²) in [5.74, 6) is -7.38. The fraction of sp³-hybridized carbons (Fsp3) is 0.664. The first-order valence-corrected chi connectivity index (χ1v) is 49.4. The average molecular weight is 1920 g/mol. The number of allylic oxidation sites excluding steroid dienone is 8. The molecule has 0 bridgehead atoms. The van der Waals surface area contributed by atoms with E-state index < -0.39 is 115 Å². The zero-order chi connectivity index (χ0) is 102. The van der Waals surface area contributed by atoms with Crippen molar-refractivity contribution in [3.8, 4) is 0 Å². The van der Waals surface area contributed by atoms with E-state index in [0.29, 0.717) is 87.3 Å². The molecule has 30 heteroatoms. The van der Waals surface area contributed by atoms with Crippen molar-refractivity contribution in [3.05, 3.63) is 132 Å². The number of piperidine rings is 3. The smallest absolute Gasteiger partial charge is 0.331 e. The number of methoxy groups -OCH3 is 4. The van der Waals surface area contributed by atoms with Crippen molar-refractivity contribution < 1.29 is 131 Å². The van der Waals surface area contributed by atoms with Gasteiger partial charge in [-0.2, -0.15) is 0 Å². The molecule has 0 radical (unpaired) electrons. The Hall–Kier alpha value is -9.24. The van der Waals surface area contributed by atoms with Crippen molar-refractivity contribution in [1.82, 2.24) is 16.0 Å². The molecule has 7 aliphatic heterocycles. The van der Waals surface area contributed by atoms with Crippen molar-refractivity contribution in [1.29, 1.82) is 0 Å². The normalized spacial score (nSPS) is 31.7. The summed E-state index contributed by atoms with van der Waals surface area (Å²) in [6.07, 6.45) is 40.5.